The van der Waals surface area contributed by atoms with Gasteiger partial charge in [-0.25, -0.2) is 0 Å². The maximum atomic E-state index is 12.2. The number of amides is 1. The molecule has 2 N–H and O–H groups in total. The molecular weight excluding hydrogens is 260 g/mol. The zero-order valence-electron chi connectivity index (χ0n) is 12.9. The van der Waals surface area contributed by atoms with E-state index in [-0.39, 0.29) is 5.91 Å². The summed E-state index contributed by atoms with van der Waals surface area (Å²) < 4.78 is 0. The molecule has 0 aliphatic rings. The summed E-state index contributed by atoms with van der Waals surface area (Å²) in [5.41, 5.74) is 4.89. The Morgan fingerprint density at radius 2 is 1.81 bits per heavy atom. The minimum atomic E-state index is -0.0796. The summed E-state index contributed by atoms with van der Waals surface area (Å²) in [5.74, 6) is -0.0796. The highest BCUT2D eigenvalue weighted by Crippen LogP contribution is 2.17. The third kappa shape index (κ3) is 3.85. The third-order valence-electron chi connectivity index (χ3n) is 3.51. The second kappa shape index (κ2) is 6.93. The zero-order chi connectivity index (χ0) is 15.2. The van der Waals surface area contributed by atoms with Crippen molar-refractivity contribution in [2.75, 3.05) is 17.7 Å². The van der Waals surface area contributed by atoms with Crippen LogP contribution in [-0.4, -0.2) is 13.0 Å². The summed E-state index contributed by atoms with van der Waals surface area (Å²) in [6.07, 6.45) is 2.20. The zero-order valence-corrected chi connectivity index (χ0v) is 12.9. The summed E-state index contributed by atoms with van der Waals surface area (Å²) in [6, 6.07) is 13.7. The van der Waals surface area contributed by atoms with Gasteiger partial charge in [-0.15, -0.1) is 0 Å². The number of rotatable bonds is 5. The monoisotopic (exact) mass is 282 g/mol. The molecular formula is C18H22N2O. The molecule has 110 valence electrons. The number of nitrogens with one attached hydrogen (secondary N) is 2. The van der Waals surface area contributed by atoms with E-state index in [4.69, 9.17) is 0 Å². The number of carbonyl (C=O) groups excluding carboxylic acids is 1. The fourth-order valence-corrected chi connectivity index (χ4v) is 2.33. The van der Waals surface area contributed by atoms with Crippen LogP contribution in [0, 0.1) is 6.92 Å². The van der Waals surface area contributed by atoms with Gasteiger partial charge in [0, 0.05) is 24.0 Å². The Morgan fingerprint density at radius 3 is 2.38 bits per heavy atom. The summed E-state index contributed by atoms with van der Waals surface area (Å²) in [6.45, 7) is 4.15. The highest BCUT2D eigenvalue weighted by atomic mass is 16.1. The van der Waals surface area contributed by atoms with E-state index in [0.717, 1.165) is 29.8 Å². The highest BCUT2D eigenvalue weighted by molar-refractivity contribution is 6.04. The van der Waals surface area contributed by atoms with Crippen molar-refractivity contribution in [2.45, 2.75) is 26.7 Å². The predicted molar refractivity (Wildman–Crippen MR) is 89.1 cm³/mol. The van der Waals surface area contributed by atoms with Crippen molar-refractivity contribution in [2.24, 2.45) is 0 Å². The van der Waals surface area contributed by atoms with E-state index in [9.17, 15) is 4.79 Å². The van der Waals surface area contributed by atoms with E-state index in [0.29, 0.717) is 5.56 Å². The van der Waals surface area contributed by atoms with Gasteiger partial charge in [0.25, 0.3) is 5.91 Å². The van der Waals surface area contributed by atoms with Crippen LogP contribution in [0.5, 0.6) is 0 Å². The first-order valence-electron chi connectivity index (χ1n) is 7.32. The van der Waals surface area contributed by atoms with Crippen molar-refractivity contribution in [3.05, 3.63) is 59.2 Å². The quantitative estimate of drug-likeness (QED) is 0.861. The maximum Gasteiger partial charge on any atom is 0.255 e. The second-order valence-corrected chi connectivity index (χ2v) is 5.18. The van der Waals surface area contributed by atoms with Gasteiger partial charge < -0.3 is 10.6 Å². The van der Waals surface area contributed by atoms with Gasteiger partial charge in [0.1, 0.15) is 0 Å². The standard InChI is InChI=1S/C18H22N2O/c1-4-5-14-6-9-16(10-7-14)20-18(21)15-8-11-17(19-3)13(2)12-15/h6-12,19H,4-5H2,1-3H3,(H,20,21). The Morgan fingerprint density at radius 1 is 1.10 bits per heavy atom. The van der Waals surface area contributed by atoms with Crippen LogP contribution in [0.15, 0.2) is 42.5 Å². The van der Waals surface area contributed by atoms with Gasteiger partial charge in [0.05, 0.1) is 0 Å². The average molecular weight is 282 g/mol. The number of aryl methyl sites for hydroxylation is 2. The van der Waals surface area contributed by atoms with Gasteiger partial charge in [-0.2, -0.15) is 0 Å². The number of anilines is 2. The molecule has 0 unspecified atom stereocenters. The molecule has 0 radical (unpaired) electrons. The maximum absolute atomic E-state index is 12.2. The minimum absolute atomic E-state index is 0.0796. The molecule has 0 spiro atoms. The van der Waals surface area contributed by atoms with Crippen LogP contribution in [0.25, 0.3) is 0 Å². The Kier molecular flexibility index (Phi) is 4.99. The Labute approximate surface area is 126 Å². The molecule has 0 saturated carbocycles. The van der Waals surface area contributed by atoms with Crippen molar-refractivity contribution in [3.63, 3.8) is 0 Å². The van der Waals surface area contributed by atoms with Crippen LogP contribution in [0.4, 0.5) is 11.4 Å². The largest absolute Gasteiger partial charge is 0.388 e. The molecule has 0 bridgehead atoms. The van der Waals surface area contributed by atoms with Crippen LogP contribution in [-0.2, 0) is 6.42 Å². The summed E-state index contributed by atoms with van der Waals surface area (Å²) in [5, 5.41) is 6.03. The van der Waals surface area contributed by atoms with Crippen molar-refractivity contribution in [1.82, 2.24) is 0 Å². The molecule has 0 fully saturated rings. The molecule has 3 heteroatoms. The lowest BCUT2D eigenvalue weighted by Gasteiger charge is -2.09. The van der Waals surface area contributed by atoms with Crippen molar-refractivity contribution in [1.29, 1.82) is 0 Å². The van der Waals surface area contributed by atoms with E-state index >= 15 is 0 Å². The lowest BCUT2D eigenvalue weighted by molar-refractivity contribution is 0.102. The first-order valence-corrected chi connectivity index (χ1v) is 7.32. The molecule has 0 aromatic heterocycles. The minimum Gasteiger partial charge on any atom is -0.388 e. The van der Waals surface area contributed by atoms with Gasteiger partial charge in [0.2, 0.25) is 0 Å². The van der Waals surface area contributed by atoms with Gasteiger partial charge in [-0.05, 0) is 54.8 Å². The van der Waals surface area contributed by atoms with E-state index < -0.39 is 0 Å². The fraction of sp³-hybridized carbons (Fsp3) is 0.278. The van der Waals surface area contributed by atoms with Crippen LogP contribution in [0.3, 0.4) is 0 Å². The first kappa shape index (κ1) is 15.1. The summed E-state index contributed by atoms with van der Waals surface area (Å²) >= 11 is 0. The third-order valence-corrected chi connectivity index (χ3v) is 3.51. The topological polar surface area (TPSA) is 41.1 Å². The fourth-order valence-electron chi connectivity index (χ4n) is 2.33. The van der Waals surface area contributed by atoms with Crippen molar-refractivity contribution in [3.8, 4) is 0 Å². The van der Waals surface area contributed by atoms with Crippen molar-refractivity contribution < 1.29 is 4.79 Å². The lowest BCUT2D eigenvalue weighted by atomic mass is 10.1. The van der Waals surface area contributed by atoms with Gasteiger partial charge in [-0.3, -0.25) is 4.79 Å². The second-order valence-electron chi connectivity index (χ2n) is 5.18. The molecule has 2 aromatic rings. The molecule has 3 nitrogen and oxygen atoms in total. The van der Waals surface area contributed by atoms with Crippen LogP contribution in [0.2, 0.25) is 0 Å². The average Bonchev–Trinajstić information content (AvgIpc) is 2.49. The Bertz CT molecular complexity index is 618. The van der Waals surface area contributed by atoms with E-state index in [1.54, 1.807) is 0 Å². The number of hydrogen-bond donors (Lipinski definition) is 2. The van der Waals surface area contributed by atoms with E-state index in [2.05, 4.69) is 29.7 Å². The molecule has 0 heterocycles. The highest BCUT2D eigenvalue weighted by Gasteiger charge is 2.07. The number of benzene rings is 2. The summed E-state index contributed by atoms with van der Waals surface area (Å²) in [7, 11) is 1.87. The summed E-state index contributed by atoms with van der Waals surface area (Å²) in [4.78, 5) is 12.2. The number of carbonyl (C=O) groups is 1. The van der Waals surface area contributed by atoms with Crippen molar-refractivity contribution >= 4 is 17.3 Å². The van der Waals surface area contributed by atoms with Crippen LogP contribution < -0.4 is 10.6 Å². The molecule has 2 rings (SSSR count). The normalized spacial score (nSPS) is 10.2. The predicted octanol–water partition coefficient (Wildman–Crippen LogP) is 4.24. The number of hydrogen-bond acceptors (Lipinski definition) is 2. The van der Waals surface area contributed by atoms with E-state index in [1.807, 2.05) is 44.3 Å². The first-order chi connectivity index (χ1) is 10.1. The Hall–Kier alpha value is -2.29. The van der Waals surface area contributed by atoms with Crippen LogP contribution >= 0.6 is 0 Å². The van der Waals surface area contributed by atoms with Gasteiger partial charge >= 0.3 is 0 Å². The SMILES string of the molecule is CCCc1ccc(NC(=O)c2ccc(NC)c(C)c2)cc1. The van der Waals surface area contributed by atoms with Crippen LogP contribution in [0.1, 0.15) is 34.8 Å². The van der Waals surface area contributed by atoms with Gasteiger partial charge in [-0.1, -0.05) is 25.5 Å². The molecule has 21 heavy (non-hydrogen) atoms. The smallest absolute Gasteiger partial charge is 0.255 e. The lowest BCUT2D eigenvalue weighted by Crippen LogP contribution is -2.12. The Balaban J connectivity index is 2.08. The molecule has 1 amide bonds. The molecule has 0 atom stereocenters. The molecule has 0 saturated heterocycles. The molecule has 0 aliphatic carbocycles. The molecule has 2 aromatic carbocycles. The van der Waals surface area contributed by atoms with E-state index in [1.165, 1.54) is 5.56 Å². The van der Waals surface area contributed by atoms with Gasteiger partial charge in [0.15, 0.2) is 0 Å². The molecule has 0 aliphatic heterocycles.